The van der Waals surface area contributed by atoms with Crippen LogP contribution in [-0.4, -0.2) is 28.4 Å². The first kappa shape index (κ1) is 11.3. The molecular formula is C9H14BrN3OS. The first-order valence-corrected chi connectivity index (χ1v) is 6.56. The van der Waals surface area contributed by atoms with Crippen LogP contribution in [-0.2, 0) is 4.74 Å². The number of anilines is 1. The van der Waals surface area contributed by atoms with E-state index in [2.05, 4.69) is 45.3 Å². The van der Waals surface area contributed by atoms with E-state index in [1.807, 2.05) is 0 Å². The van der Waals surface area contributed by atoms with Gasteiger partial charge in [0.05, 0.1) is 5.60 Å². The summed E-state index contributed by atoms with van der Waals surface area (Å²) in [5.41, 5.74) is -0.0299. The van der Waals surface area contributed by atoms with Crippen molar-refractivity contribution in [2.24, 2.45) is 0 Å². The van der Waals surface area contributed by atoms with Gasteiger partial charge in [0.25, 0.3) is 0 Å². The number of halogens is 1. The average molecular weight is 292 g/mol. The van der Waals surface area contributed by atoms with Crippen LogP contribution in [0.15, 0.2) is 3.92 Å². The molecule has 2 heterocycles. The van der Waals surface area contributed by atoms with Crippen molar-refractivity contribution in [2.75, 3.05) is 11.9 Å². The second kappa shape index (κ2) is 4.35. The summed E-state index contributed by atoms with van der Waals surface area (Å²) in [6.07, 6.45) is 2.03. The minimum atomic E-state index is -0.0299. The molecule has 1 aliphatic rings. The number of nitrogens with one attached hydrogen (secondary N) is 1. The SMILES string of the molecule is CC1(C)CC(Nc2nnc(Br)s2)CCO1. The first-order valence-electron chi connectivity index (χ1n) is 4.95. The number of nitrogens with zero attached hydrogens (tertiary/aromatic N) is 2. The van der Waals surface area contributed by atoms with Crippen molar-refractivity contribution in [3.63, 3.8) is 0 Å². The summed E-state index contributed by atoms with van der Waals surface area (Å²) in [6.45, 7) is 5.05. The Hall–Kier alpha value is -0.200. The molecule has 84 valence electrons. The lowest BCUT2D eigenvalue weighted by Gasteiger charge is -2.35. The molecule has 1 aromatic rings. The fourth-order valence-corrected chi connectivity index (χ4v) is 2.88. The van der Waals surface area contributed by atoms with Gasteiger partial charge in [-0.25, -0.2) is 0 Å². The maximum atomic E-state index is 5.66. The third kappa shape index (κ3) is 3.12. The third-order valence-corrected chi connectivity index (χ3v) is 3.71. The number of hydrogen-bond donors (Lipinski definition) is 1. The van der Waals surface area contributed by atoms with E-state index in [9.17, 15) is 0 Å². The molecule has 1 saturated heterocycles. The van der Waals surface area contributed by atoms with Gasteiger partial charge in [0.15, 0.2) is 3.92 Å². The van der Waals surface area contributed by atoms with E-state index in [-0.39, 0.29) is 5.60 Å². The quantitative estimate of drug-likeness (QED) is 0.910. The van der Waals surface area contributed by atoms with E-state index in [0.717, 1.165) is 28.5 Å². The molecule has 6 heteroatoms. The second-order valence-corrected chi connectivity index (χ2v) is 6.56. The molecule has 4 nitrogen and oxygen atoms in total. The molecule has 1 aliphatic heterocycles. The molecule has 0 spiro atoms. The number of aromatic nitrogens is 2. The minimum absolute atomic E-state index is 0.0299. The van der Waals surface area contributed by atoms with Gasteiger partial charge in [-0.3, -0.25) is 0 Å². The molecule has 1 unspecified atom stereocenters. The highest BCUT2D eigenvalue weighted by Gasteiger charge is 2.29. The van der Waals surface area contributed by atoms with Gasteiger partial charge in [-0.1, -0.05) is 11.3 Å². The van der Waals surface area contributed by atoms with Crippen LogP contribution in [0.1, 0.15) is 26.7 Å². The zero-order valence-electron chi connectivity index (χ0n) is 8.79. The molecule has 1 fully saturated rings. The highest BCUT2D eigenvalue weighted by molar-refractivity contribution is 9.11. The van der Waals surface area contributed by atoms with E-state index in [4.69, 9.17) is 4.74 Å². The monoisotopic (exact) mass is 291 g/mol. The zero-order valence-corrected chi connectivity index (χ0v) is 11.2. The summed E-state index contributed by atoms with van der Waals surface area (Å²) in [4.78, 5) is 0. The Labute approximate surface area is 102 Å². The molecule has 0 amide bonds. The van der Waals surface area contributed by atoms with Gasteiger partial charge < -0.3 is 10.1 Å². The van der Waals surface area contributed by atoms with Crippen LogP contribution < -0.4 is 5.32 Å². The Morgan fingerprint density at radius 2 is 2.33 bits per heavy atom. The minimum Gasteiger partial charge on any atom is -0.375 e. The fraction of sp³-hybridized carbons (Fsp3) is 0.778. The Kier molecular flexibility index (Phi) is 3.27. The van der Waals surface area contributed by atoms with E-state index in [1.54, 1.807) is 0 Å². The molecule has 1 N–H and O–H groups in total. The molecular weight excluding hydrogens is 278 g/mol. The third-order valence-electron chi connectivity index (χ3n) is 2.43. The van der Waals surface area contributed by atoms with E-state index < -0.39 is 0 Å². The summed E-state index contributed by atoms with van der Waals surface area (Å²) in [5, 5.41) is 12.2. The summed E-state index contributed by atoms with van der Waals surface area (Å²) >= 11 is 4.82. The van der Waals surface area contributed by atoms with Crippen LogP contribution in [0.3, 0.4) is 0 Å². The van der Waals surface area contributed by atoms with Crippen molar-refractivity contribution in [1.82, 2.24) is 10.2 Å². The largest absolute Gasteiger partial charge is 0.375 e. The molecule has 1 atom stereocenters. The van der Waals surface area contributed by atoms with Crippen molar-refractivity contribution in [2.45, 2.75) is 38.3 Å². The first-order chi connectivity index (χ1) is 7.05. The van der Waals surface area contributed by atoms with Crippen LogP contribution in [0, 0.1) is 0 Å². The van der Waals surface area contributed by atoms with Gasteiger partial charge in [-0.05, 0) is 42.6 Å². The molecule has 0 bridgehead atoms. The number of rotatable bonds is 2. The highest BCUT2D eigenvalue weighted by Crippen LogP contribution is 2.28. The second-order valence-electron chi connectivity index (χ2n) is 4.30. The summed E-state index contributed by atoms with van der Waals surface area (Å²) < 4.78 is 6.47. The van der Waals surface area contributed by atoms with Crippen molar-refractivity contribution < 1.29 is 4.74 Å². The maximum Gasteiger partial charge on any atom is 0.206 e. The van der Waals surface area contributed by atoms with Crippen LogP contribution in [0.2, 0.25) is 0 Å². The number of ether oxygens (including phenoxy) is 1. The molecule has 15 heavy (non-hydrogen) atoms. The zero-order chi connectivity index (χ0) is 10.9. The molecule has 0 aromatic carbocycles. The fourth-order valence-electron chi connectivity index (χ4n) is 1.79. The lowest BCUT2D eigenvalue weighted by atomic mass is 9.94. The summed E-state index contributed by atoms with van der Waals surface area (Å²) in [5.74, 6) is 0. The van der Waals surface area contributed by atoms with E-state index in [0.29, 0.717) is 6.04 Å². The molecule has 2 rings (SSSR count). The Balaban J connectivity index is 1.95. The number of hydrogen-bond acceptors (Lipinski definition) is 5. The Morgan fingerprint density at radius 1 is 1.53 bits per heavy atom. The van der Waals surface area contributed by atoms with Gasteiger partial charge in [0, 0.05) is 12.6 Å². The van der Waals surface area contributed by atoms with Crippen LogP contribution in [0.5, 0.6) is 0 Å². The Morgan fingerprint density at radius 3 is 2.93 bits per heavy atom. The standard InChI is InChI=1S/C9H14BrN3OS/c1-9(2)5-6(3-4-14-9)11-8-13-12-7(10)15-8/h6H,3-5H2,1-2H3,(H,11,13). The van der Waals surface area contributed by atoms with Crippen molar-refractivity contribution in [3.05, 3.63) is 3.92 Å². The van der Waals surface area contributed by atoms with Crippen molar-refractivity contribution in [3.8, 4) is 0 Å². The molecule has 0 aliphatic carbocycles. The van der Waals surface area contributed by atoms with E-state index in [1.165, 1.54) is 11.3 Å². The van der Waals surface area contributed by atoms with Gasteiger partial charge in [-0.15, -0.1) is 10.2 Å². The summed E-state index contributed by atoms with van der Waals surface area (Å²) in [7, 11) is 0. The van der Waals surface area contributed by atoms with Crippen molar-refractivity contribution in [1.29, 1.82) is 0 Å². The topological polar surface area (TPSA) is 47.0 Å². The predicted octanol–water partition coefficient (Wildman–Crippen LogP) is 2.67. The lowest BCUT2D eigenvalue weighted by molar-refractivity contribution is -0.0553. The molecule has 0 radical (unpaired) electrons. The summed E-state index contributed by atoms with van der Waals surface area (Å²) in [6, 6.07) is 0.439. The van der Waals surface area contributed by atoms with Gasteiger partial charge in [0.1, 0.15) is 0 Å². The van der Waals surface area contributed by atoms with Crippen LogP contribution in [0.4, 0.5) is 5.13 Å². The molecule has 0 saturated carbocycles. The lowest BCUT2D eigenvalue weighted by Crippen LogP contribution is -2.40. The van der Waals surface area contributed by atoms with Gasteiger partial charge in [0.2, 0.25) is 5.13 Å². The average Bonchev–Trinajstić information content (AvgIpc) is 2.49. The van der Waals surface area contributed by atoms with Crippen LogP contribution >= 0.6 is 27.3 Å². The molecule has 1 aromatic heterocycles. The Bertz CT molecular complexity index is 342. The normalized spacial score (nSPS) is 25.1. The smallest absolute Gasteiger partial charge is 0.206 e. The van der Waals surface area contributed by atoms with E-state index >= 15 is 0 Å². The maximum absolute atomic E-state index is 5.66. The van der Waals surface area contributed by atoms with Gasteiger partial charge in [-0.2, -0.15) is 0 Å². The predicted molar refractivity (Wildman–Crippen MR) is 64.3 cm³/mol. The van der Waals surface area contributed by atoms with Crippen LogP contribution in [0.25, 0.3) is 0 Å². The van der Waals surface area contributed by atoms with Gasteiger partial charge >= 0.3 is 0 Å². The van der Waals surface area contributed by atoms with Crippen molar-refractivity contribution >= 4 is 32.4 Å². The highest BCUT2D eigenvalue weighted by atomic mass is 79.9.